The fourth-order valence-corrected chi connectivity index (χ4v) is 3.58. The summed E-state index contributed by atoms with van der Waals surface area (Å²) < 4.78 is 5.43. The molecule has 0 aliphatic carbocycles. The Kier molecular flexibility index (Phi) is 4.79. The van der Waals surface area contributed by atoms with Gasteiger partial charge in [-0.1, -0.05) is 22.0 Å². The zero-order valence-corrected chi connectivity index (χ0v) is 13.7. The largest absolute Gasteiger partial charge is 0.379 e. The average Bonchev–Trinajstić information content (AvgIpc) is 3.04. The van der Waals surface area contributed by atoms with E-state index >= 15 is 0 Å². The molecule has 0 saturated carbocycles. The van der Waals surface area contributed by atoms with E-state index in [1.165, 1.54) is 6.42 Å². The second-order valence-corrected chi connectivity index (χ2v) is 6.19. The molecule has 2 aliphatic heterocycles. The number of nitrogens with zero attached hydrogens (tertiary/aromatic N) is 3. The van der Waals surface area contributed by atoms with Crippen LogP contribution in [-0.2, 0) is 10.1 Å². The predicted molar refractivity (Wildman–Crippen MR) is 86.8 cm³/mol. The van der Waals surface area contributed by atoms with E-state index < -0.39 is 0 Å². The summed E-state index contributed by atoms with van der Waals surface area (Å²) in [7, 11) is 0. The molecule has 3 rings (SSSR count). The van der Waals surface area contributed by atoms with Crippen LogP contribution in [0.4, 0.5) is 5.69 Å². The van der Waals surface area contributed by atoms with Gasteiger partial charge in [-0.3, -0.25) is 4.90 Å². The highest BCUT2D eigenvalue weighted by Gasteiger charge is 2.29. The third kappa shape index (κ3) is 3.23. The number of rotatable bonds is 3. The molecular formula is C16H20BrN3O. The van der Waals surface area contributed by atoms with Gasteiger partial charge in [0.05, 0.1) is 24.5 Å². The molecule has 1 unspecified atom stereocenters. The molecule has 1 aromatic carbocycles. The van der Waals surface area contributed by atoms with Crippen LogP contribution in [0.2, 0.25) is 0 Å². The van der Waals surface area contributed by atoms with Gasteiger partial charge < -0.3 is 9.64 Å². The summed E-state index contributed by atoms with van der Waals surface area (Å²) in [5.74, 6) is 0. The Morgan fingerprint density at radius 2 is 2.10 bits per heavy atom. The first kappa shape index (κ1) is 14.8. The summed E-state index contributed by atoms with van der Waals surface area (Å²) in [6, 6.07) is 9.13. The Bertz CT molecular complexity index is 537. The van der Waals surface area contributed by atoms with Crippen molar-refractivity contribution in [2.45, 2.75) is 17.8 Å². The first-order valence-electron chi connectivity index (χ1n) is 7.47. The summed E-state index contributed by atoms with van der Waals surface area (Å²) in [5.41, 5.74) is 3.02. The smallest absolute Gasteiger partial charge is 0.101 e. The van der Waals surface area contributed by atoms with E-state index in [0.717, 1.165) is 61.5 Å². The van der Waals surface area contributed by atoms with E-state index in [4.69, 9.17) is 4.74 Å². The maximum Gasteiger partial charge on any atom is 0.101 e. The number of halogens is 1. The minimum absolute atomic E-state index is 0.594. The lowest BCUT2D eigenvalue weighted by atomic mass is 10.1. The number of benzene rings is 1. The van der Waals surface area contributed by atoms with E-state index in [1.54, 1.807) is 0 Å². The Balaban J connectivity index is 1.72. The van der Waals surface area contributed by atoms with E-state index in [2.05, 4.69) is 43.9 Å². The summed E-state index contributed by atoms with van der Waals surface area (Å²) in [5, 5.41) is 10.2. The van der Waals surface area contributed by atoms with Gasteiger partial charge in [0.1, 0.15) is 6.07 Å². The van der Waals surface area contributed by atoms with Crippen LogP contribution in [0.15, 0.2) is 18.2 Å². The van der Waals surface area contributed by atoms with Gasteiger partial charge in [-0.25, -0.2) is 0 Å². The molecule has 2 aliphatic rings. The normalized spacial score (nSPS) is 23.2. The van der Waals surface area contributed by atoms with Crippen LogP contribution in [0.1, 0.15) is 17.5 Å². The van der Waals surface area contributed by atoms with Gasteiger partial charge >= 0.3 is 0 Å². The van der Waals surface area contributed by atoms with Crippen molar-refractivity contribution in [1.29, 1.82) is 5.26 Å². The summed E-state index contributed by atoms with van der Waals surface area (Å²) in [4.78, 5) is 4.89. The lowest BCUT2D eigenvalue weighted by Gasteiger charge is -2.32. The van der Waals surface area contributed by atoms with Crippen molar-refractivity contribution in [2.75, 3.05) is 44.3 Å². The standard InChI is InChI=1S/C16H20BrN3O/c17-10-13-1-2-16(14(9-13)11-18)20-4-3-15(12-20)19-5-7-21-8-6-19/h1-2,9,15H,3-8,10,12H2. The highest BCUT2D eigenvalue weighted by Crippen LogP contribution is 2.28. The third-order valence-corrected chi connectivity index (χ3v) is 5.05. The van der Waals surface area contributed by atoms with Gasteiger partial charge in [0.2, 0.25) is 0 Å². The molecule has 0 radical (unpaired) electrons. The van der Waals surface area contributed by atoms with Crippen molar-refractivity contribution < 1.29 is 4.74 Å². The number of nitriles is 1. The van der Waals surface area contributed by atoms with Gasteiger partial charge in [-0.2, -0.15) is 5.26 Å². The fourth-order valence-electron chi connectivity index (χ4n) is 3.23. The summed E-state index contributed by atoms with van der Waals surface area (Å²) in [6.45, 7) is 5.81. The van der Waals surface area contributed by atoms with Gasteiger partial charge in [-0.05, 0) is 24.1 Å². The molecule has 0 bridgehead atoms. The lowest BCUT2D eigenvalue weighted by Crippen LogP contribution is -2.44. The van der Waals surface area contributed by atoms with Crippen LogP contribution >= 0.6 is 15.9 Å². The number of alkyl halides is 1. The third-order valence-electron chi connectivity index (χ3n) is 4.40. The molecule has 112 valence electrons. The summed E-state index contributed by atoms with van der Waals surface area (Å²) in [6.07, 6.45) is 1.17. The Hall–Kier alpha value is -1.09. The molecular weight excluding hydrogens is 330 g/mol. The van der Waals surface area contributed by atoms with E-state index in [9.17, 15) is 5.26 Å². The van der Waals surface area contributed by atoms with Crippen LogP contribution in [0.25, 0.3) is 0 Å². The van der Waals surface area contributed by atoms with E-state index in [-0.39, 0.29) is 0 Å². The van der Waals surface area contributed by atoms with E-state index in [1.807, 2.05) is 6.07 Å². The zero-order chi connectivity index (χ0) is 14.7. The molecule has 1 atom stereocenters. The van der Waals surface area contributed by atoms with Crippen molar-refractivity contribution in [3.63, 3.8) is 0 Å². The van der Waals surface area contributed by atoms with Crippen LogP contribution in [0, 0.1) is 11.3 Å². The van der Waals surface area contributed by atoms with Crippen molar-refractivity contribution in [2.24, 2.45) is 0 Å². The molecule has 0 amide bonds. The van der Waals surface area contributed by atoms with E-state index in [0.29, 0.717) is 6.04 Å². The monoisotopic (exact) mass is 349 g/mol. The highest BCUT2D eigenvalue weighted by molar-refractivity contribution is 9.08. The van der Waals surface area contributed by atoms with Crippen LogP contribution < -0.4 is 4.90 Å². The lowest BCUT2D eigenvalue weighted by molar-refractivity contribution is 0.0209. The highest BCUT2D eigenvalue weighted by atomic mass is 79.9. The molecule has 0 aromatic heterocycles. The zero-order valence-electron chi connectivity index (χ0n) is 12.1. The number of morpholine rings is 1. The van der Waals surface area contributed by atoms with Gasteiger partial charge in [0.15, 0.2) is 0 Å². The van der Waals surface area contributed by atoms with Crippen LogP contribution in [-0.4, -0.2) is 50.3 Å². The number of anilines is 1. The van der Waals surface area contributed by atoms with Crippen LogP contribution in [0.5, 0.6) is 0 Å². The second kappa shape index (κ2) is 6.78. The van der Waals surface area contributed by atoms with Crippen molar-refractivity contribution in [3.8, 4) is 6.07 Å². The van der Waals surface area contributed by atoms with Crippen molar-refractivity contribution in [1.82, 2.24) is 4.90 Å². The first-order valence-corrected chi connectivity index (χ1v) is 8.59. The Morgan fingerprint density at radius 1 is 1.29 bits per heavy atom. The molecule has 4 nitrogen and oxygen atoms in total. The summed E-state index contributed by atoms with van der Waals surface area (Å²) >= 11 is 3.45. The molecule has 0 spiro atoms. The molecule has 0 N–H and O–H groups in total. The van der Waals surface area contributed by atoms with Gasteiger partial charge in [-0.15, -0.1) is 0 Å². The predicted octanol–water partition coefficient (Wildman–Crippen LogP) is 2.36. The van der Waals surface area contributed by atoms with Crippen molar-refractivity contribution >= 4 is 21.6 Å². The molecule has 21 heavy (non-hydrogen) atoms. The maximum atomic E-state index is 9.39. The van der Waals surface area contributed by atoms with Crippen LogP contribution in [0.3, 0.4) is 0 Å². The Labute approximate surface area is 134 Å². The minimum atomic E-state index is 0.594. The first-order chi connectivity index (χ1) is 10.3. The number of hydrogen-bond acceptors (Lipinski definition) is 4. The molecule has 5 heteroatoms. The SMILES string of the molecule is N#Cc1cc(CBr)ccc1N1CCC(N2CCOCC2)C1. The molecule has 2 fully saturated rings. The minimum Gasteiger partial charge on any atom is -0.379 e. The van der Waals surface area contributed by atoms with Gasteiger partial charge in [0.25, 0.3) is 0 Å². The fraction of sp³-hybridized carbons (Fsp3) is 0.562. The number of ether oxygens (including phenoxy) is 1. The Morgan fingerprint density at radius 3 is 2.81 bits per heavy atom. The number of hydrogen-bond donors (Lipinski definition) is 0. The molecule has 2 heterocycles. The maximum absolute atomic E-state index is 9.39. The quantitative estimate of drug-likeness (QED) is 0.785. The topological polar surface area (TPSA) is 39.5 Å². The van der Waals surface area contributed by atoms with Crippen molar-refractivity contribution in [3.05, 3.63) is 29.3 Å². The van der Waals surface area contributed by atoms with Gasteiger partial charge in [0, 0.05) is 37.6 Å². The average molecular weight is 350 g/mol. The second-order valence-electron chi connectivity index (χ2n) is 5.63. The molecule has 1 aromatic rings. The molecule has 2 saturated heterocycles.